The first-order valence-corrected chi connectivity index (χ1v) is 12.6. The zero-order valence-corrected chi connectivity index (χ0v) is 20.4. The Bertz CT molecular complexity index is 1140. The second-order valence-corrected chi connectivity index (χ2v) is 11.3. The van der Waals surface area contributed by atoms with Gasteiger partial charge < -0.3 is 14.7 Å². The molecule has 1 amide bonds. The average molecular weight is 578 g/mol. The van der Waals surface area contributed by atoms with Crippen molar-refractivity contribution < 1.29 is 23.1 Å². The molecule has 1 aromatic carbocycles. The number of anilines is 1. The van der Waals surface area contributed by atoms with Crippen LogP contribution in [0.3, 0.4) is 0 Å². The molecule has 11 heteroatoms. The zero-order valence-electron chi connectivity index (χ0n) is 16.6. The first kappa shape index (κ1) is 22.6. The van der Waals surface area contributed by atoms with E-state index in [1.165, 1.54) is 6.07 Å². The smallest absolute Gasteiger partial charge is 0.281 e. The molecule has 4 rings (SSSR count). The Morgan fingerprint density at radius 2 is 2.03 bits per heavy atom. The van der Waals surface area contributed by atoms with Crippen LogP contribution in [0.1, 0.15) is 26.2 Å². The summed E-state index contributed by atoms with van der Waals surface area (Å²) in [5.41, 5.74) is -2.10. The molecule has 2 fully saturated rings. The Labute approximate surface area is 199 Å². The van der Waals surface area contributed by atoms with E-state index in [1.54, 1.807) is 37.3 Å². The maximum atomic E-state index is 12.8. The molecule has 166 valence electrons. The fourth-order valence-electron chi connectivity index (χ4n) is 3.39. The van der Waals surface area contributed by atoms with Crippen molar-refractivity contribution in [2.75, 3.05) is 18.0 Å². The third kappa shape index (κ3) is 4.91. The summed E-state index contributed by atoms with van der Waals surface area (Å²) >= 11 is 8.07. The van der Waals surface area contributed by atoms with E-state index in [-0.39, 0.29) is 5.03 Å². The maximum Gasteiger partial charge on any atom is 0.281 e. The highest BCUT2D eigenvalue weighted by Gasteiger charge is 2.54. The van der Waals surface area contributed by atoms with Crippen molar-refractivity contribution >= 4 is 55.9 Å². The molecule has 2 aromatic rings. The molecule has 0 spiro atoms. The molecule has 1 aliphatic carbocycles. The number of hydrogen-bond acceptors (Lipinski definition) is 7. The van der Waals surface area contributed by atoms with Gasteiger partial charge in [0, 0.05) is 31.0 Å². The topological polar surface area (TPSA) is 109 Å². The van der Waals surface area contributed by atoms with E-state index in [9.17, 15) is 18.3 Å². The molecule has 2 aliphatic rings. The molecule has 1 aliphatic heterocycles. The van der Waals surface area contributed by atoms with E-state index >= 15 is 0 Å². The highest BCUT2D eigenvalue weighted by atomic mass is 127. The van der Waals surface area contributed by atoms with Crippen LogP contribution in [0.25, 0.3) is 0 Å². The van der Waals surface area contributed by atoms with Crippen LogP contribution in [0.4, 0.5) is 5.82 Å². The molecule has 2 heterocycles. The molecule has 1 saturated heterocycles. The third-order valence-corrected chi connectivity index (χ3v) is 7.66. The van der Waals surface area contributed by atoms with Gasteiger partial charge in [0.05, 0.1) is 9.17 Å². The first-order valence-electron chi connectivity index (χ1n) is 9.66. The van der Waals surface area contributed by atoms with Gasteiger partial charge in [0.15, 0.2) is 10.6 Å². The quantitative estimate of drug-likeness (QED) is 0.508. The largest absolute Gasteiger partial charge is 0.476 e. The number of halogens is 2. The highest BCUT2D eigenvalue weighted by Crippen LogP contribution is 2.42. The summed E-state index contributed by atoms with van der Waals surface area (Å²) in [5.74, 6) is 0.123. The predicted octanol–water partition coefficient (Wildman–Crippen LogP) is 2.72. The Morgan fingerprint density at radius 3 is 2.68 bits per heavy atom. The number of benzene rings is 1. The van der Waals surface area contributed by atoms with Crippen LogP contribution >= 0.6 is 34.2 Å². The van der Waals surface area contributed by atoms with Gasteiger partial charge in [-0.05, 0) is 66.3 Å². The fourth-order valence-corrected chi connectivity index (χ4v) is 5.01. The summed E-state index contributed by atoms with van der Waals surface area (Å²) in [6.07, 6.45) is 1.35. The minimum absolute atomic E-state index is 0.266. The molecule has 0 unspecified atom stereocenters. The minimum atomic E-state index is -4.20. The van der Waals surface area contributed by atoms with E-state index in [2.05, 4.69) is 32.3 Å². The van der Waals surface area contributed by atoms with Gasteiger partial charge in [-0.2, -0.15) is 8.42 Å². The lowest BCUT2D eigenvalue weighted by Crippen LogP contribution is -2.43. The molecule has 8 nitrogen and oxygen atoms in total. The summed E-state index contributed by atoms with van der Waals surface area (Å²) in [6, 6.07) is 9.63. The second-order valence-electron chi connectivity index (χ2n) is 8.11. The van der Waals surface area contributed by atoms with Gasteiger partial charge in [0.25, 0.3) is 15.9 Å². The van der Waals surface area contributed by atoms with Crippen molar-refractivity contribution in [3.05, 3.63) is 45.0 Å². The van der Waals surface area contributed by atoms with Crippen molar-refractivity contribution in [2.24, 2.45) is 0 Å². The van der Waals surface area contributed by atoms with Crippen molar-refractivity contribution in [3.63, 3.8) is 0 Å². The lowest BCUT2D eigenvalue weighted by Gasteiger charge is -2.21. The highest BCUT2D eigenvalue weighted by molar-refractivity contribution is 14.1. The molecule has 1 aromatic heterocycles. The zero-order chi connectivity index (χ0) is 22.4. The number of nitrogens with zero attached hydrogens (tertiary/aromatic N) is 2. The SMILES string of the molecule is C[C@]1(O)CCN(c2cccc(S(=O)(=O)NC(=O)C3(Oc4cc(Cl)ccc4I)CC3)n2)C1. The summed E-state index contributed by atoms with van der Waals surface area (Å²) in [7, 11) is -4.20. The van der Waals surface area contributed by atoms with Crippen LogP contribution in [0.15, 0.2) is 41.4 Å². The van der Waals surface area contributed by atoms with Crippen molar-refractivity contribution in [2.45, 2.75) is 42.4 Å². The maximum absolute atomic E-state index is 12.8. The van der Waals surface area contributed by atoms with Crippen LogP contribution < -0.4 is 14.4 Å². The number of sulfonamides is 1. The number of nitrogens with one attached hydrogen (secondary N) is 1. The van der Waals surface area contributed by atoms with Gasteiger partial charge in [-0.3, -0.25) is 4.79 Å². The number of β-amino-alcohol motifs (C(OH)–C–C–N with tert-alkyl or cyclic N) is 1. The number of carbonyl (C=O) groups excluding carboxylic acids is 1. The number of pyridine rings is 1. The molecule has 0 radical (unpaired) electrons. The fraction of sp³-hybridized carbons (Fsp3) is 0.400. The third-order valence-electron chi connectivity index (χ3n) is 5.30. The molecular formula is C20H21ClIN3O5S. The Morgan fingerprint density at radius 1 is 1.29 bits per heavy atom. The summed E-state index contributed by atoms with van der Waals surface area (Å²) in [4.78, 5) is 18.8. The average Bonchev–Trinajstić information content (AvgIpc) is 3.40. The standard InChI is InChI=1S/C20H21ClIN3O5S/c1-19(27)9-10-25(12-19)16-3-2-4-17(23-16)31(28,29)24-18(26)20(7-8-20)30-15-11-13(21)5-6-14(15)22/h2-6,11,27H,7-10,12H2,1H3,(H,24,26)/t19-/m0/s1. The number of aliphatic hydroxyl groups is 1. The summed E-state index contributed by atoms with van der Waals surface area (Å²) < 4.78 is 34.4. The van der Waals surface area contributed by atoms with Gasteiger partial charge in [0.2, 0.25) is 0 Å². The predicted molar refractivity (Wildman–Crippen MR) is 124 cm³/mol. The Balaban J connectivity index is 1.50. The van der Waals surface area contributed by atoms with Crippen LogP contribution in [0.5, 0.6) is 5.75 Å². The van der Waals surface area contributed by atoms with Gasteiger partial charge in [-0.25, -0.2) is 9.71 Å². The normalized spacial score (nSPS) is 22.3. The molecule has 0 bridgehead atoms. The summed E-state index contributed by atoms with van der Waals surface area (Å²) in [6.45, 7) is 2.64. The Kier molecular flexibility index (Phi) is 5.86. The molecule has 1 atom stereocenters. The monoisotopic (exact) mass is 577 g/mol. The number of amides is 1. The van der Waals surface area contributed by atoms with Gasteiger partial charge in [-0.1, -0.05) is 17.7 Å². The second kappa shape index (κ2) is 8.05. The van der Waals surface area contributed by atoms with E-state index in [0.29, 0.717) is 48.9 Å². The minimum Gasteiger partial charge on any atom is -0.476 e. The summed E-state index contributed by atoms with van der Waals surface area (Å²) in [5, 5.41) is 10.4. The van der Waals surface area contributed by atoms with Gasteiger partial charge in [-0.15, -0.1) is 0 Å². The van der Waals surface area contributed by atoms with Crippen LogP contribution in [0, 0.1) is 3.57 Å². The van der Waals surface area contributed by atoms with E-state index in [1.807, 2.05) is 4.90 Å². The van der Waals surface area contributed by atoms with Crippen LogP contribution in [0.2, 0.25) is 5.02 Å². The number of carbonyl (C=O) groups is 1. The van der Waals surface area contributed by atoms with Crippen molar-refractivity contribution in [1.82, 2.24) is 9.71 Å². The Hall–Kier alpha value is -1.63. The number of rotatable bonds is 6. The van der Waals surface area contributed by atoms with E-state index in [0.717, 1.165) is 3.57 Å². The molecule has 31 heavy (non-hydrogen) atoms. The van der Waals surface area contributed by atoms with E-state index < -0.39 is 27.1 Å². The molecular weight excluding hydrogens is 557 g/mol. The molecule has 2 N–H and O–H groups in total. The molecule has 1 saturated carbocycles. The lowest BCUT2D eigenvalue weighted by molar-refractivity contribution is -0.128. The van der Waals surface area contributed by atoms with Gasteiger partial charge >= 0.3 is 0 Å². The lowest BCUT2D eigenvalue weighted by atomic mass is 10.1. The number of hydrogen-bond donors (Lipinski definition) is 2. The van der Waals surface area contributed by atoms with Crippen molar-refractivity contribution in [1.29, 1.82) is 0 Å². The first-order chi connectivity index (χ1) is 14.5. The van der Waals surface area contributed by atoms with Gasteiger partial charge in [0.1, 0.15) is 11.6 Å². The van der Waals surface area contributed by atoms with Crippen LogP contribution in [-0.2, 0) is 14.8 Å². The van der Waals surface area contributed by atoms with E-state index in [4.69, 9.17) is 16.3 Å². The van der Waals surface area contributed by atoms with Crippen molar-refractivity contribution in [3.8, 4) is 5.75 Å². The number of aromatic nitrogens is 1. The van der Waals surface area contributed by atoms with Crippen LogP contribution in [-0.4, -0.2) is 48.7 Å². The number of ether oxygens (including phenoxy) is 1.